The molecular weight excluding hydrogens is 354 g/mol. The Bertz CT molecular complexity index is 1000. The van der Waals surface area contributed by atoms with Crippen LogP contribution in [0.1, 0.15) is 20.7 Å². The second-order valence-corrected chi connectivity index (χ2v) is 5.96. The van der Waals surface area contributed by atoms with E-state index in [0.29, 0.717) is 0 Å². The number of halogens is 2. The van der Waals surface area contributed by atoms with Gasteiger partial charge in [0.05, 0.1) is 17.4 Å². The summed E-state index contributed by atoms with van der Waals surface area (Å²) in [7, 11) is 1.30. The molecule has 2 N–H and O–H groups in total. The van der Waals surface area contributed by atoms with E-state index in [4.69, 9.17) is 9.84 Å². The largest absolute Gasteiger partial charge is 0.494 e. The Hall–Kier alpha value is -3.07. The van der Waals surface area contributed by atoms with Gasteiger partial charge in [0.25, 0.3) is 5.91 Å². The summed E-state index contributed by atoms with van der Waals surface area (Å²) in [6.07, 6.45) is 0. The van der Waals surface area contributed by atoms with Crippen LogP contribution in [-0.2, 0) is 0 Å². The summed E-state index contributed by atoms with van der Waals surface area (Å²) in [5.74, 6) is -3.41. The van der Waals surface area contributed by atoms with Gasteiger partial charge in [0.1, 0.15) is 5.52 Å². The number of benzene rings is 2. The highest BCUT2D eigenvalue weighted by Crippen LogP contribution is 2.29. The van der Waals surface area contributed by atoms with Crippen molar-refractivity contribution >= 4 is 38.6 Å². The molecule has 0 fully saturated rings. The van der Waals surface area contributed by atoms with Crippen LogP contribution in [0.4, 0.5) is 13.9 Å². The molecule has 25 heavy (non-hydrogen) atoms. The van der Waals surface area contributed by atoms with Gasteiger partial charge in [0.15, 0.2) is 22.5 Å². The predicted molar refractivity (Wildman–Crippen MR) is 87.4 cm³/mol. The number of nitrogens with one attached hydrogen (secondary N) is 1. The number of nitrogens with zero attached hydrogens (tertiary/aromatic N) is 1. The fraction of sp³-hybridized carbons (Fsp3) is 0.0625. The predicted octanol–water partition coefficient (Wildman–Crippen LogP) is 3.53. The number of anilines is 1. The number of ether oxygens (including phenoxy) is 1. The van der Waals surface area contributed by atoms with Gasteiger partial charge in [-0.25, -0.2) is 18.6 Å². The van der Waals surface area contributed by atoms with Gasteiger partial charge in [-0.15, -0.1) is 0 Å². The summed E-state index contributed by atoms with van der Waals surface area (Å²) in [4.78, 5) is 27.1. The summed E-state index contributed by atoms with van der Waals surface area (Å²) < 4.78 is 32.6. The Morgan fingerprint density at radius 1 is 1.16 bits per heavy atom. The van der Waals surface area contributed by atoms with Crippen molar-refractivity contribution in [3.63, 3.8) is 0 Å². The molecule has 0 radical (unpaired) electrons. The molecule has 0 bridgehead atoms. The molecule has 0 unspecified atom stereocenters. The number of carboxylic acids is 1. The lowest BCUT2D eigenvalue weighted by molar-refractivity contribution is 0.0696. The molecule has 6 nitrogen and oxygen atoms in total. The Kier molecular flexibility index (Phi) is 4.32. The normalized spacial score (nSPS) is 10.7. The molecule has 3 rings (SSSR count). The van der Waals surface area contributed by atoms with E-state index in [-0.39, 0.29) is 32.2 Å². The molecule has 1 aromatic heterocycles. The molecule has 0 saturated heterocycles. The molecule has 2 aromatic carbocycles. The van der Waals surface area contributed by atoms with Gasteiger partial charge in [0, 0.05) is 5.56 Å². The van der Waals surface area contributed by atoms with E-state index in [9.17, 15) is 18.4 Å². The average Bonchev–Trinajstić information content (AvgIpc) is 2.97. The van der Waals surface area contributed by atoms with Crippen molar-refractivity contribution in [1.29, 1.82) is 0 Å². The summed E-state index contributed by atoms with van der Waals surface area (Å²) in [6.45, 7) is 0. The molecule has 3 aromatic rings. The maximum absolute atomic E-state index is 13.9. The van der Waals surface area contributed by atoms with E-state index in [1.165, 1.54) is 25.3 Å². The van der Waals surface area contributed by atoms with Crippen molar-refractivity contribution < 1.29 is 28.2 Å². The van der Waals surface area contributed by atoms with Gasteiger partial charge < -0.3 is 9.84 Å². The van der Waals surface area contributed by atoms with Crippen LogP contribution in [0.25, 0.3) is 10.2 Å². The molecule has 9 heteroatoms. The first-order valence-electron chi connectivity index (χ1n) is 6.87. The second-order valence-electron chi connectivity index (χ2n) is 4.93. The van der Waals surface area contributed by atoms with Gasteiger partial charge in [-0.2, -0.15) is 0 Å². The maximum Gasteiger partial charge on any atom is 0.335 e. The lowest BCUT2D eigenvalue weighted by atomic mass is 10.2. The highest BCUT2D eigenvalue weighted by atomic mass is 32.1. The summed E-state index contributed by atoms with van der Waals surface area (Å²) >= 11 is 0.913. The molecule has 0 aliphatic rings. The van der Waals surface area contributed by atoms with Crippen LogP contribution in [-0.4, -0.2) is 29.1 Å². The monoisotopic (exact) mass is 364 g/mol. The van der Waals surface area contributed by atoms with Gasteiger partial charge in [-0.05, 0) is 30.3 Å². The number of hydrogen-bond acceptors (Lipinski definition) is 5. The first-order chi connectivity index (χ1) is 11.9. The van der Waals surface area contributed by atoms with Crippen molar-refractivity contribution in [3.05, 3.63) is 53.1 Å². The first-order valence-corrected chi connectivity index (χ1v) is 7.69. The number of fused-ring (bicyclic) bond motifs is 1. The van der Waals surface area contributed by atoms with E-state index in [1.54, 1.807) is 0 Å². The molecule has 1 heterocycles. The van der Waals surface area contributed by atoms with Crippen LogP contribution in [0.2, 0.25) is 0 Å². The van der Waals surface area contributed by atoms with E-state index in [1.807, 2.05) is 0 Å². The molecule has 128 valence electrons. The number of amides is 1. The van der Waals surface area contributed by atoms with E-state index in [2.05, 4.69) is 10.3 Å². The number of aromatic nitrogens is 1. The quantitative estimate of drug-likeness (QED) is 0.739. The van der Waals surface area contributed by atoms with Crippen LogP contribution < -0.4 is 10.1 Å². The minimum atomic E-state index is -1.27. The fourth-order valence-corrected chi connectivity index (χ4v) is 3.06. The van der Waals surface area contributed by atoms with Crippen LogP contribution >= 0.6 is 11.3 Å². The number of methoxy groups -OCH3 is 1. The van der Waals surface area contributed by atoms with Gasteiger partial charge in [-0.3, -0.25) is 10.1 Å². The van der Waals surface area contributed by atoms with Crippen molar-refractivity contribution in [2.24, 2.45) is 0 Å². The lowest BCUT2D eigenvalue weighted by Crippen LogP contribution is -2.12. The Morgan fingerprint density at radius 3 is 2.52 bits per heavy atom. The zero-order valence-corrected chi connectivity index (χ0v) is 13.5. The third kappa shape index (κ3) is 3.26. The van der Waals surface area contributed by atoms with Crippen LogP contribution in [0.5, 0.6) is 5.75 Å². The van der Waals surface area contributed by atoms with Gasteiger partial charge in [0.2, 0.25) is 0 Å². The summed E-state index contributed by atoms with van der Waals surface area (Å²) in [6, 6.07) is 5.80. The van der Waals surface area contributed by atoms with E-state index < -0.39 is 23.5 Å². The first kappa shape index (κ1) is 16.8. The SMILES string of the molecule is COc1ccc(C(=O)Nc2nc3c(F)cc(C(=O)O)cc3s2)cc1F. The van der Waals surface area contributed by atoms with Crippen molar-refractivity contribution in [3.8, 4) is 5.75 Å². The Balaban J connectivity index is 1.90. The van der Waals surface area contributed by atoms with Crippen LogP contribution in [0.15, 0.2) is 30.3 Å². The minimum Gasteiger partial charge on any atom is -0.494 e. The molecule has 0 spiro atoms. The lowest BCUT2D eigenvalue weighted by Gasteiger charge is -2.04. The third-order valence-electron chi connectivity index (χ3n) is 3.33. The van der Waals surface area contributed by atoms with Crippen molar-refractivity contribution in [2.45, 2.75) is 0 Å². The van der Waals surface area contributed by atoms with Crippen molar-refractivity contribution in [1.82, 2.24) is 4.98 Å². The topological polar surface area (TPSA) is 88.5 Å². The zero-order chi connectivity index (χ0) is 18.1. The fourth-order valence-electron chi connectivity index (χ4n) is 2.14. The third-order valence-corrected chi connectivity index (χ3v) is 4.25. The highest BCUT2D eigenvalue weighted by molar-refractivity contribution is 7.22. The highest BCUT2D eigenvalue weighted by Gasteiger charge is 2.16. The molecule has 1 amide bonds. The molecule has 0 saturated carbocycles. The van der Waals surface area contributed by atoms with Crippen LogP contribution in [0, 0.1) is 11.6 Å². The maximum atomic E-state index is 13.9. The second kappa shape index (κ2) is 6.44. The minimum absolute atomic E-state index is 0.000178. The van der Waals surface area contributed by atoms with Crippen LogP contribution in [0.3, 0.4) is 0 Å². The number of thiazole rings is 1. The van der Waals surface area contributed by atoms with Gasteiger partial charge >= 0.3 is 5.97 Å². The van der Waals surface area contributed by atoms with Gasteiger partial charge in [-0.1, -0.05) is 11.3 Å². The summed E-state index contributed by atoms with van der Waals surface area (Å²) in [5.41, 5.74) is -0.237. The number of carboxylic acid groups (broad SMARTS) is 1. The number of hydrogen-bond donors (Lipinski definition) is 2. The average molecular weight is 364 g/mol. The zero-order valence-electron chi connectivity index (χ0n) is 12.7. The molecule has 0 aliphatic carbocycles. The number of rotatable bonds is 4. The molecular formula is C16H10F2N2O4S. The number of carbonyl (C=O) groups is 2. The Morgan fingerprint density at radius 2 is 1.88 bits per heavy atom. The Labute approximate surface area is 143 Å². The van der Waals surface area contributed by atoms with E-state index >= 15 is 0 Å². The molecule has 0 aliphatic heterocycles. The number of carbonyl (C=O) groups excluding carboxylic acids is 1. The number of aromatic carboxylic acids is 1. The summed E-state index contributed by atoms with van der Waals surface area (Å²) in [5, 5.41) is 11.4. The molecule has 0 atom stereocenters. The van der Waals surface area contributed by atoms with Crippen molar-refractivity contribution in [2.75, 3.05) is 12.4 Å². The smallest absolute Gasteiger partial charge is 0.335 e. The standard InChI is InChI=1S/C16H10F2N2O4S/c1-24-11-3-2-7(4-9(11)17)14(21)20-16-19-13-10(18)5-8(15(22)23)6-12(13)25-16/h2-6H,1H3,(H,22,23)(H,19,20,21). The van der Waals surface area contributed by atoms with E-state index in [0.717, 1.165) is 23.5 Å².